The molecule has 10 rings (SSSR count). The SMILES string of the molecule is c1ccc(B(c2cccc(-c3ccccn3)c2)c2ccc3c4ccc(B(c5ccccc5)c5cccc(-c6ccccn6)c5)cc4n(-c4nncnn4)c3c2)cc1. The number of rotatable bonds is 9. The van der Waals surface area contributed by atoms with Gasteiger partial charge in [0.2, 0.25) is 13.4 Å². The molecule has 4 aromatic heterocycles. The molecule has 0 fully saturated rings. The van der Waals surface area contributed by atoms with Gasteiger partial charge >= 0.3 is 0 Å². The molecular formula is C48H33B2N7. The minimum Gasteiger partial charge on any atom is -0.275 e. The lowest BCUT2D eigenvalue weighted by Crippen LogP contribution is -2.52. The van der Waals surface area contributed by atoms with E-state index in [-0.39, 0.29) is 13.4 Å². The average Bonchev–Trinajstić information content (AvgIpc) is 3.61. The average molecular weight is 729 g/mol. The van der Waals surface area contributed by atoms with E-state index in [9.17, 15) is 0 Å². The zero-order valence-corrected chi connectivity index (χ0v) is 30.8. The smallest absolute Gasteiger partial charge is 0.273 e. The molecule has 57 heavy (non-hydrogen) atoms. The second kappa shape index (κ2) is 15.0. The Morgan fingerprint density at radius 2 is 0.807 bits per heavy atom. The summed E-state index contributed by atoms with van der Waals surface area (Å²) >= 11 is 0. The maximum Gasteiger partial charge on any atom is 0.273 e. The number of nitrogens with zero attached hydrogens (tertiary/aromatic N) is 7. The first-order valence-corrected chi connectivity index (χ1v) is 19.0. The van der Waals surface area contributed by atoms with Crippen molar-refractivity contribution in [2.45, 2.75) is 0 Å². The van der Waals surface area contributed by atoms with E-state index in [1.807, 2.05) is 36.7 Å². The Balaban J connectivity index is 1.17. The second-order valence-electron chi connectivity index (χ2n) is 14.1. The van der Waals surface area contributed by atoms with Crippen LogP contribution in [-0.2, 0) is 0 Å². The number of pyridine rings is 2. The lowest BCUT2D eigenvalue weighted by Gasteiger charge is -2.17. The molecule has 0 atom stereocenters. The molecule has 0 amide bonds. The Morgan fingerprint density at radius 3 is 1.26 bits per heavy atom. The largest absolute Gasteiger partial charge is 0.275 e. The first kappa shape index (κ1) is 34.0. The van der Waals surface area contributed by atoms with Crippen LogP contribution in [0.5, 0.6) is 0 Å². The van der Waals surface area contributed by atoms with Gasteiger partial charge in [-0.1, -0.05) is 178 Å². The van der Waals surface area contributed by atoms with Crippen molar-refractivity contribution in [3.05, 3.63) is 201 Å². The minimum absolute atomic E-state index is 0.0527. The van der Waals surface area contributed by atoms with Crippen molar-refractivity contribution in [1.82, 2.24) is 34.9 Å². The highest BCUT2D eigenvalue weighted by atomic mass is 15.3. The summed E-state index contributed by atoms with van der Waals surface area (Å²) in [6.07, 6.45) is 5.05. The van der Waals surface area contributed by atoms with Crippen LogP contribution >= 0.6 is 0 Å². The molecule has 0 aliphatic rings. The fourth-order valence-corrected chi connectivity index (χ4v) is 8.18. The summed E-state index contributed by atoms with van der Waals surface area (Å²) in [5, 5.41) is 19.6. The van der Waals surface area contributed by atoms with Gasteiger partial charge in [-0.3, -0.25) is 14.5 Å². The molecule has 0 saturated carbocycles. The van der Waals surface area contributed by atoms with Crippen molar-refractivity contribution >= 4 is 68.0 Å². The molecule has 10 aromatic rings. The highest BCUT2D eigenvalue weighted by Gasteiger charge is 2.27. The second-order valence-corrected chi connectivity index (χ2v) is 14.1. The van der Waals surface area contributed by atoms with E-state index >= 15 is 0 Å². The van der Waals surface area contributed by atoms with E-state index in [0.29, 0.717) is 5.95 Å². The van der Waals surface area contributed by atoms with E-state index < -0.39 is 0 Å². The van der Waals surface area contributed by atoms with Gasteiger partial charge in [0.15, 0.2) is 6.33 Å². The molecule has 0 unspecified atom stereocenters. The maximum absolute atomic E-state index is 4.65. The molecule has 0 N–H and O–H groups in total. The molecule has 0 aliphatic carbocycles. The Morgan fingerprint density at radius 1 is 0.368 bits per heavy atom. The summed E-state index contributed by atoms with van der Waals surface area (Å²) in [5.41, 5.74) is 13.0. The van der Waals surface area contributed by atoms with Crippen LogP contribution in [0.3, 0.4) is 0 Å². The van der Waals surface area contributed by atoms with E-state index in [2.05, 4.69) is 193 Å². The fraction of sp³-hybridized carbons (Fsp3) is 0. The van der Waals surface area contributed by atoms with E-state index in [0.717, 1.165) is 55.2 Å². The first-order valence-electron chi connectivity index (χ1n) is 19.0. The van der Waals surface area contributed by atoms with Crippen molar-refractivity contribution in [3.63, 3.8) is 0 Å². The van der Waals surface area contributed by atoms with Crippen LogP contribution < -0.4 is 32.8 Å². The molecule has 0 spiro atoms. The monoisotopic (exact) mass is 729 g/mol. The third kappa shape index (κ3) is 6.55. The zero-order chi connectivity index (χ0) is 38.0. The van der Waals surface area contributed by atoms with Crippen molar-refractivity contribution in [2.75, 3.05) is 0 Å². The van der Waals surface area contributed by atoms with E-state index in [4.69, 9.17) is 0 Å². The predicted octanol–water partition coefficient (Wildman–Crippen LogP) is 5.52. The number of benzene rings is 6. The van der Waals surface area contributed by atoms with Gasteiger partial charge in [0.05, 0.1) is 22.4 Å². The minimum atomic E-state index is -0.0527. The summed E-state index contributed by atoms with van der Waals surface area (Å²) in [4.78, 5) is 9.30. The molecule has 266 valence electrons. The van der Waals surface area contributed by atoms with Crippen molar-refractivity contribution in [2.24, 2.45) is 0 Å². The first-order chi connectivity index (χ1) is 28.3. The van der Waals surface area contributed by atoms with Crippen molar-refractivity contribution < 1.29 is 0 Å². The normalized spacial score (nSPS) is 11.2. The number of hydrogen-bond donors (Lipinski definition) is 0. The third-order valence-corrected chi connectivity index (χ3v) is 10.7. The van der Waals surface area contributed by atoms with Gasteiger partial charge in [-0.25, -0.2) is 0 Å². The zero-order valence-electron chi connectivity index (χ0n) is 30.8. The predicted molar refractivity (Wildman–Crippen MR) is 234 cm³/mol. The lowest BCUT2D eigenvalue weighted by atomic mass is 9.36. The summed E-state index contributed by atoms with van der Waals surface area (Å²) in [7, 11) is 0. The van der Waals surface area contributed by atoms with Gasteiger partial charge < -0.3 is 0 Å². The summed E-state index contributed by atoms with van der Waals surface area (Å²) in [6.45, 7) is -0.105. The summed E-state index contributed by atoms with van der Waals surface area (Å²) in [5.74, 6) is 0.411. The molecule has 9 heteroatoms. The quantitative estimate of drug-likeness (QED) is 0.182. The lowest BCUT2D eigenvalue weighted by molar-refractivity contribution is 0.801. The van der Waals surface area contributed by atoms with E-state index in [1.54, 1.807) is 0 Å². The summed E-state index contributed by atoms with van der Waals surface area (Å²) < 4.78 is 2.11. The molecule has 6 aromatic carbocycles. The van der Waals surface area contributed by atoms with Crippen LogP contribution in [0.15, 0.2) is 201 Å². The van der Waals surface area contributed by atoms with Crippen LogP contribution in [0.4, 0.5) is 0 Å². The molecule has 7 nitrogen and oxygen atoms in total. The molecule has 0 bridgehead atoms. The van der Waals surface area contributed by atoms with Crippen LogP contribution in [0.25, 0.3) is 50.3 Å². The van der Waals surface area contributed by atoms with Gasteiger partial charge in [0.1, 0.15) is 0 Å². The third-order valence-electron chi connectivity index (χ3n) is 10.7. The van der Waals surface area contributed by atoms with E-state index in [1.165, 1.54) is 28.2 Å². The van der Waals surface area contributed by atoms with Crippen molar-refractivity contribution in [3.8, 4) is 28.5 Å². The molecule has 0 radical (unpaired) electrons. The van der Waals surface area contributed by atoms with Crippen LogP contribution in [-0.4, -0.2) is 48.4 Å². The van der Waals surface area contributed by atoms with Gasteiger partial charge in [0, 0.05) is 23.2 Å². The van der Waals surface area contributed by atoms with Crippen LogP contribution in [0.1, 0.15) is 0 Å². The highest BCUT2D eigenvalue weighted by Crippen LogP contribution is 2.30. The Labute approximate surface area is 331 Å². The van der Waals surface area contributed by atoms with Gasteiger partial charge in [-0.2, -0.15) is 0 Å². The van der Waals surface area contributed by atoms with Gasteiger partial charge in [-0.05, 0) is 47.5 Å². The molecule has 4 heterocycles. The standard InChI is InChI=1S/C48H33B2N7/c1-3-15-36(16-4-1)49(38-19-11-13-34(29-38)44-21-7-9-27-51-44)40-23-25-42-43-26-24-41(32-47(43)57(46(42)31-40)48-55-53-33-54-56-48)50(37-17-5-2-6-18-37)39-20-12-14-35(30-39)45-22-8-10-28-52-45/h1-33H. The van der Waals surface area contributed by atoms with Crippen molar-refractivity contribution in [1.29, 1.82) is 0 Å². The fourth-order valence-electron chi connectivity index (χ4n) is 8.18. The Bertz CT molecular complexity index is 2780. The molecule has 0 aliphatic heterocycles. The number of aromatic nitrogens is 7. The number of hydrogen-bond acceptors (Lipinski definition) is 6. The summed E-state index contributed by atoms with van der Waals surface area (Å²) in [6, 6.07) is 64.3. The highest BCUT2D eigenvalue weighted by molar-refractivity contribution is 6.96. The topological polar surface area (TPSA) is 82.3 Å². The molecular weight excluding hydrogens is 696 g/mol. The van der Waals surface area contributed by atoms with Gasteiger partial charge in [0.25, 0.3) is 5.95 Å². The van der Waals surface area contributed by atoms with Crippen LogP contribution in [0, 0.1) is 0 Å². The maximum atomic E-state index is 4.65. The molecule has 0 saturated heterocycles. The van der Waals surface area contributed by atoms with Gasteiger partial charge in [-0.15, -0.1) is 20.4 Å². The van der Waals surface area contributed by atoms with Crippen LogP contribution in [0.2, 0.25) is 0 Å². The Kier molecular flexibility index (Phi) is 8.93. The number of fused-ring (bicyclic) bond motifs is 3. The Hall–Kier alpha value is -7.51.